The number of aromatic nitrogens is 2. The summed E-state index contributed by atoms with van der Waals surface area (Å²) in [6.07, 6.45) is 7.42. The first-order valence-corrected chi connectivity index (χ1v) is 8.01. The molecule has 2 N–H and O–H groups in total. The first kappa shape index (κ1) is 16.8. The third kappa shape index (κ3) is 4.00. The molecule has 124 valence electrons. The predicted octanol–water partition coefficient (Wildman–Crippen LogP) is 2.65. The molecule has 0 saturated heterocycles. The first-order valence-electron chi connectivity index (χ1n) is 8.01. The Morgan fingerprint density at radius 1 is 1.41 bits per heavy atom. The summed E-state index contributed by atoms with van der Waals surface area (Å²) >= 11 is 0. The molecule has 0 atom stereocenters. The highest BCUT2D eigenvalue weighted by Crippen LogP contribution is 2.27. The van der Waals surface area contributed by atoms with Crippen LogP contribution in [0.4, 0.5) is 10.5 Å². The molecule has 6 nitrogen and oxygen atoms in total. The summed E-state index contributed by atoms with van der Waals surface area (Å²) in [6, 6.07) is 0.154. The van der Waals surface area contributed by atoms with Crippen LogP contribution >= 0.6 is 0 Å². The van der Waals surface area contributed by atoms with Crippen LogP contribution < -0.4 is 5.32 Å². The number of nitrogens with one attached hydrogen (secondary N) is 1. The fourth-order valence-electron chi connectivity index (χ4n) is 2.85. The van der Waals surface area contributed by atoms with Crippen molar-refractivity contribution in [3.8, 4) is 0 Å². The molecule has 0 bridgehead atoms. The van der Waals surface area contributed by atoms with E-state index in [0.717, 1.165) is 31.4 Å². The van der Waals surface area contributed by atoms with Crippen LogP contribution in [0.1, 0.15) is 46.5 Å². The fourth-order valence-corrected chi connectivity index (χ4v) is 2.85. The molecule has 0 spiro atoms. The molecule has 1 aliphatic carbocycles. The fraction of sp³-hybridized carbons (Fsp3) is 0.750. The van der Waals surface area contributed by atoms with E-state index in [1.165, 1.54) is 0 Å². The average Bonchev–Trinajstić information content (AvgIpc) is 2.95. The quantitative estimate of drug-likeness (QED) is 0.902. The normalized spacial score (nSPS) is 22.4. The van der Waals surface area contributed by atoms with Crippen LogP contribution in [0.2, 0.25) is 0 Å². The number of aliphatic hydroxyl groups is 1. The molecule has 1 saturated carbocycles. The summed E-state index contributed by atoms with van der Waals surface area (Å²) in [4.78, 5) is 14.1. The number of amides is 2. The van der Waals surface area contributed by atoms with Gasteiger partial charge in [-0.3, -0.25) is 4.68 Å². The summed E-state index contributed by atoms with van der Waals surface area (Å²) in [5.74, 6) is 0.401. The molecule has 0 aliphatic heterocycles. The van der Waals surface area contributed by atoms with Gasteiger partial charge in [0, 0.05) is 25.9 Å². The molecular weight excluding hydrogens is 280 g/mol. The van der Waals surface area contributed by atoms with Gasteiger partial charge in [-0.1, -0.05) is 0 Å². The third-order valence-corrected chi connectivity index (χ3v) is 4.46. The van der Waals surface area contributed by atoms with Gasteiger partial charge in [0.25, 0.3) is 0 Å². The highest BCUT2D eigenvalue weighted by atomic mass is 16.3. The van der Waals surface area contributed by atoms with E-state index in [1.807, 2.05) is 17.9 Å². The van der Waals surface area contributed by atoms with Gasteiger partial charge in [-0.05, 0) is 52.4 Å². The highest BCUT2D eigenvalue weighted by molar-refractivity contribution is 5.89. The molecule has 0 aromatic carbocycles. The van der Waals surface area contributed by atoms with E-state index in [-0.39, 0.29) is 24.2 Å². The summed E-state index contributed by atoms with van der Waals surface area (Å²) in [5, 5.41) is 16.4. The molecule has 6 heteroatoms. The zero-order valence-corrected chi connectivity index (χ0v) is 14.0. The number of carbonyl (C=O) groups is 1. The van der Waals surface area contributed by atoms with Crippen molar-refractivity contribution in [2.24, 2.45) is 5.92 Å². The van der Waals surface area contributed by atoms with E-state index in [1.54, 1.807) is 11.1 Å². The first-order chi connectivity index (χ1) is 10.3. The van der Waals surface area contributed by atoms with Crippen LogP contribution in [0.5, 0.6) is 0 Å². The highest BCUT2D eigenvalue weighted by Gasteiger charge is 2.26. The minimum atomic E-state index is -0.0996. The molecule has 1 aromatic heterocycles. The maximum atomic E-state index is 12.4. The van der Waals surface area contributed by atoms with Gasteiger partial charge in [0.15, 0.2) is 0 Å². The molecule has 1 aromatic rings. The minimum Gasteiger partial charge on any atom is -0.396 e. The van der Waals surface area contributed by atoms with Crippen molar-refractivity contribution in [2.45, 2.75) is 58.0 Å². The van der Waals surface area contributed by atoms with E-state index >= 15 is 0 Å². The van der Waals surface area contributed by atoms with Gasteiger partial charge in [-0.2, -0.15) is 5.10 Å². The Bertz CT molecular complexity index is 498. The Hall–Kier alpha value is -1.56. The van der Waals surface area contributed by atoms with Crippen molar-refractivity contribution in [2.75, 3.05) is 19.0 Å². The number of hydrogen-bond donors (Lipinski definition) is 2. The van der Waals surface area contributed by atoms with Crippen molar-refractivity contribution >= 4 is 11.7 Å². The van der Waals surface area contributed by atoms with Crippen molar-refractivity contribution in [1.29, 1.82) is 0 Å². The second-order valence-corrected chi connectivity index (χ2v) is 7.24. The molecule has 1 aliphatic rings. The molecule has 2 amide bonds. The summed E-state index contributed by atoms with van der Waals surface area (Å²) in [6.45, 7) is 6.46. The maximum absolute atomic E-state index is 12.4. The van der Waals surface area contributed by atoms with Gasteiger partial charge >= 0.3 is 6.03 Å². The van der Waals surface area contributed by atoms with Gasteiger partial charge in [0.2, 0.25) is 0 Å². The van der Waals surface area contributed by atoms with Crippen molar-refractivity contribution in [1.82, 2.24) is 14.7 Å². The van der Waals surface area contributed by atoms with Gasteiger partial charge in [0.1, 0.15) is 0 Å². The second kappa shape index (κ2) is 6.69. The Morgan fingerprint density at radius 3 is 2.55 bits per heavy atom. The summed E-state index contributed by atoms with van der Waals surface area (Å²) in [7, 11) is 1.84. The molecule has 0 unspecified atom stereocenters. The van der Waals surface area contributed by atoms with E-state index in [0.29, 0.717) is 5.92 Å². The van der Waals surface area contributed by atoms with Gasteiger partial charge in [0.05, 0.1) is 17.4 Å². The van der Waals surface area contributed by atoms with Crippen LogP contribution in [0.25, 0.3) is 0 Å². The molecule has 1 fully saturated rings. The Kier molecular flexibility index (Phi) is 5.11. The molecule has 0 radical (unpaired) electrons. The molecular formula is C16H28N4O2. The number of carbonyl (C=O) groups excluding carboxylic acids is 1. The number of nitrogens with zero attached hydrogens (tertiary/aromatic N) is 3. The van der Waals surface area contributed by atoms with Crippen LogP contribution in [0.3, 0.4) is 0 Å². The molecule has 22 heavy (non-hydrogen) atoms. The minimum absolute atomic E-state index is 0.0964. The Labute approximate surface area is 132 Å². The number of urea groups is 1. The molecule has 2 rings (SSSR count). The number of aliphatic hydroxyl groups excluding tert-OH is 1. The van der Waals surface area contributed by atoms with Crippen molar-refractivity contribution in [3.63, 3.8) is 0 Å². The van der Waals surface area contributed by atoms with Crippen LogP contribution in [0.15, 0.2) is 12.4 Å². The largest absolute Gasteiger partial charge is 0.396 e. The van der Waals surface area contributed by atoms with Crippen molar-refractivity contribution in [3.05, 3.63) is 12.4 Å². The van der Waals surface area contributed by atoms with Gasteiger partial charge in [-0.15, -0.1) is 0 Å². The lowest BCUT2D eigenvalue weighted by Gasteiger charge is -2.34. The topological polar surface area (TPSA) is 70.4 Å². The van der Waals surface area contributed by atoms with Crippen LogP contribution in [-0.2, 0) is 5.54 Å². The predicted molar refractivity (Wildman–Crippen MR) is 86.8 cm³/mol. The third-order valence-electron chi connectivity index (χ3n) is 4.46. The maximum Gasteiger partial charge on any atom is 0.321 e. The Morgan fingerprint density at radius 2 is 2.05 bits per heavy atom. The van der Waals surface area contributed by atoms with Gasteiger partial charge < -0.3 is 15.3 Å². The smallest absolute Gasteiger partial charge is 0.321 e. The van der Waals surface area contributed by atoms with E-state index < -0.39 is 0 Å². The Balaban J connectivity index is 1.90. The standard InChI is InChI=1S/C16H28N4O2/c1-16(2,3)20-10-13(9-17-20)18-15(22)19(4)14-7-5-12(11-21)6-8-14/h9-10,12,14,21H,5-8,11H2,1-4H3,(H,18,22). The second-order valence-electron chi connectivity index (χ2n) is 7.24. The van der Waals surface area contributed by atoms with Crippen LogP contribution in [-0.4, -0.2) is 45.5 Å². The zero-order chi connectivity index (χ0) is 16.3. The lowest BCUT2D eigenvalue weighted by Crippen LogP contribution is -2.42. The lowest BCUT2D eigenvalue weighted by molar-refractivity contribution is 0.139. The van der Waals surface area contributed by atoms with Crippen molar-refractivity contribution < 1.29 is 9.90 Å². The number of rotatable bonds is 3. The summed E-state index contributed by atoms with van der Waals surface area (Å²) < 4.78 is 1.84. The van der Waals surface area contributed by atoms with Crippen LogP contribution in [0, 0.1) is 5.92 Å². The number of hydrogen-bond acceptors (Lipinski definition) is 3. The van der Waals surface area contributed by atoms with E-state index in [4.69, 9.17) is 0 Å². The molecule has 1 heterocycles. The monoisotopic (exact) mass is 308 g/mol. The zero-order valence-electron chi connectivity index (χ0n) is 14.0. The van der Waals surface area contributed by atoms with E-state index in [9.17, 15) is 9.90 Å². The average molecular weight is 308 g/mol. The van der Waals surface area contributed by atoms with Gasteiger partial charge in [-0.25, -0.2) is 4.79 Å². The SMILES string of the molecule is CN(C(=O)Nc1cnn(C(C)(C)C)c1)C1CCC(CO)CC1. The summed E-state index contributed by atoms with van der Waals surface area (Å²) in [5.41, 5.74) is 0.619. The van der Waals surface area contributed by atoms with E-state index in [2.05, 4.69) is 31.2 Å². The number of anilines is 1. The lowest BCUT2D eigenvalue weighted by atomic mass is 9.86.